The standard InChI is InChI=1S/C10H21NO2S/c1-9(4-14-3)11(2)5-10(6-12)7-13-8-10/h9,12H,4-8H2,1-3H3. The van der Waals surface area contributed by atoms with Gasteiger partial charge in [-0.1, -0.05) is 0 Å². The molecule has 0 amide bonds. The van der Waals surface area contributed by atoms with E-state index in [1.165, 1.54) is 0 Å². The molecule has 0 aromatic carbocycles. The average Bonchev–Trinajstić information content (AvgIpc) is 2.11. The van der Waals surface area contributed by atoms with Crippen molar-refractivity contribution in [1.82, 2.24) is 4.90 Å². The molecule has 0 aliphatic carbocycles. The fourth-order valence-corrected chi connectivity index (χ4v) is 2.41. The predicted octanol–water partition coefficient (Wildman–Crippen LogP) is 0.679. The number of ether oxygens (including phenoxy) is 1. The van der Waals surface area contributed by atoms with Gasteiger partial charge in [0.1, 0.15) is 0 Å². The molecule has 84 valence electrons. The minimum Gasteiger partial charge on any atom is -0.396 e. The zero-order valence-corrected chi connectivity index (χ0v) is 10.1. The van der Waals surface area contributed by atoms with Gasteiger partial charge in [0.05, 0.1) is 25.2 Å². The summed E-state index contributed by atoms with van der Waals surface area (Å²) < 4.78 is 5.18. The largest absolute Gasteiger partial charge is 0.396 e. The lowest BCUT2D eigenvalue weighted by atomic mass is 9.86. The van der Waals surface area contributed by atoms with Crippen LogP contribution in [0.2, 0.25) is 0 Å². The van der Waals surface area contributed by atoms with E-state index < -0.39 is 0 Å². The van der Waals surface area contributed by atoms with Crippen molar-refractivity contribution >= 4 is 11.8 Å². The third-order valence-electron chi connectivity index (χ3n) is 2.90. The normalized spacial score (nSPS) is 22.1. The number of nitrogens with zero attached hydrogens (tertiary/aromatic N) is 1. The SMILES string of the molecule is CSCC(C)N(C)CC1(CO)COC1. The van der Waals surface area contributed by atoms with Crippen LogP contribution >= 0.6 is 11.8 Å². The maximum absolute atomic E-state index is 9.29. The Hall–Kier alpha value is 0.230. The second-order valence-electron chi connectivity index (χ2n) is 4.37. The second kappa shape index (κ2) is 5.35. The van der Waals surface area contributed by atoms with E-state index in [0.29, 0.717) is 19.3 Å². The summed E-state index contributed by atoms with van der Waals surface area (Å²) in [6, 6.07) is 0.564. The highest BCUT2D eigenvalue weighted by Crippen LogP contribution is 2.28. The van der Waals surface area contributed by atoms with E-state index >= 15 is 0 Å². The number of hydrogen-bond donors (Lipinski definition) is 1. The molecule has 0 saturated carbocycles. The highest BCUT2D eigenvalue weighted by atomic mass is 32.2. The van der Waals surface area contributed by atoms with Crippen molar-refractivity contribution in [2.75, 3.05) is 45.4 Å². The highest BCUT2D eigenvalue weighted by Gasteiger charge is 2.39. The van der Waals surface area contributed by atoms with Gasteiger partial charge in [0.25, 0.3) is 0 Å². The van der Waals surface area contributed by atoms with Gasteiger partial charge in [-0.25, -0.2) is 0 Å². The molecule has 1 rings (SSSR count). The third-order valence-corrected chi connectivity index (χ3v) is 3.71. The van der Waals surface area contributed by atoms with Crippen molar-refractivity contribution in [1.29, 1.82) is 0 Å². The number of hydrogen-bond acceptors (Lipinski definition) is 4. The van der Waals surface area contributed by atoms with Crippen LogP contribution in [0.15, 0.2) is 0 Å². The Morgan fingerprint density at radius 1 is 1.57 bits per heavy atom. The Kier molecular flexibility index (Phi) is 4.70. The van der Waals surface area contributed by atoms with Crippen LogP contribution in [0, 0.1) is 5.41 Å². The van der Waals surface area contributed by atoms with E-state index in [2.05, 4.69) is 25.1 Å². The van der Waals surface area contributed by atoms with Crippen molar-refractivity contribution < 1.29 is 9.84 Å². The zero-order valence-electron chi connectivity index (χ0n) is 9.32. The van der Waals surface area contributed by atoms with Gasteiger partial charge in [0.2, 0.25) is 0 Å². The first-order valence-electron chi connectivity index (χ1n) is 5.01. The average molecular weight is 219 g/mol. The molecule has 0 aromatic rings. The fourth-order valence-electron chi connectivity index (χ4n) is 1.68. The third kappa shape index (κ3) is 2.86. The minimum atomic E-state index is 0.0153. The molecular formula is C10H21NO2S. The molecule has 1 aliphatic rings. The van der Waals surface area contributed by atoms with Crippen LogP contribution in [-0.4, -0.2) is 61.5 Å². The van der Waals surface area contributed by atoms with E-state index in [1.54, 1.807) is 0 Å². The Morgan fingerprint density at radius 2 is 2.21 bits per heavy atom. The van der Waals surface area contributed by atoms with E-state index in [0.717, 1.165) is 12.3 Å². The molecule has 0 aromatic heterocycles. The van der Waals surface area contributed by atoms with Gasteiger partial charge < -0.3 is 14.7 Å². The molecule has 1 N–H and O–H groups in total. The van der Waals surface area contributed by atoms with Crippen LogP contribution in [0.1, 0.15) is 6.92 Å². The second-order valence-corrected chi connectivity index (χ2v) is 5.28. The van der Waals surface area contributed by atoms with E-state index in [4.69, 9.17) is 4.74 Å². The van der Waals surface area contributed by atoms with Gasteiger partial charge in [-0.3, -0.25) is 0 Å². The van der Waals surface area contributed by atoms with Gasteiger partial charge >= 0.3 is 0 Å². The van der Waals surface area contributed by atoms with E-state index in [9.17, 15) is 5.11 Å². The first kappa shape index (κ1) is 12.3. The maximum atomic E-state index is 9.29. The molecule has 14 heavy (non-hydrogen) atoms. The zero-order chi connectivity index (χ0) is 10.6. The van der Waals surface area contributed by atoms with Crippen LogP contribution < -0.4 is 0 Å². The molecule has 1 unspecified atom stereocenters. The predicted molar refractivity (Wildman–Crippen MR) is 60.8 cm³/mol. The lowest BCUT2D eigenvalue weighted by Gasteiger charge is -2.43. The maximum Gasteiger partial charge on any atom is 0.0579 e. The number of rotatable bonds is 6. The molecule has 0 radical (unpaired) electrons. The summed E-state index contributed by atoms with van der Waals surface area (Å²) in [6.07, 6.45) is 2.12. The van der Waals surface area contributed by atoms with Gasteiger partial charge in [0.15, 0.2) is 0 Å². The Morgan fingerprint density at radius 3 is 2.57 bits per heavy atom. The summed E-state index contributed by atoms with van der Waals surface area (Å²) in [6.45, 7) is 4.81. The van der Waals surface area contributed by atoms with Gasteiger partial charge in [0, 0.05) is 18.3 Å². The first-order valence-corrected chi connectivity index (χ1v) is 6.41. The number of aliphatic hydroxyl groups excluding tert-OH is 1. The summed E-state index contributed by atoms with van der Waals surface area (Å²) in [5.74, 6) is 1.14. The van der Waals surface area contributed by atoms with Crippen molar-refractivity contribution in [2.24, 2.45) is 5.41 Å². The molecule has 1 aliphatic heterocycles. The van der Waals surface area contributed by atoms with Gasteiger partial charge in [-0.2, -0.15) is 11.8 Å². The van der Waals surface area contributed by atoms with Gasteiger partial charge in [-0.05, 0) is 20.2 Å². The summed E-state index contributed by atoms with van der Waals surface area (Å²) in [4.78, 5) is 2.31. The summed E-state index contributed by atoms with van der Waals surface area (Å²) in [5.41, 5.74) is 0.0153. The smallest absolute Gasteiger partial charge is 0.0579 e. The Labute approximate surface area is 90.8 Å². The molecular weight excluding hydrogens is 198 g/mol. The Bertz CT molecular complexity index is 168. The van der Waals surface area contributed by atoms with Crippen molar-refractivity contribution in [2.45, 2.75) is 13.0 Å². The summed E-state index contributed by atoms with van der Waals surface area (Å²) in [5, 5.41) is 9.29. The molecule has 1 fully saturated rings. The fraction of sp³-hybridized carbons (Fsp3) is 1.00. The molecule has 4 heteroatoms. The molecule has 0 bridgehead atoms. The van der Waals surface area contributed by atoms with Crippen LogP contribution in [0.4, 0.5) is 0 Å². The van der Waals surface area contributed by atoms with Crippen LogP contribution in [0.5, 0.6) is 0 Å². The van der Waals surface area contributed by atoms with Crippen LogP contribution in [0.3, 0.4) is 0 Å². The van der Waals surface area contributed by atoms with Crippen molar-refractivity contribution in [3.8, 4) is 0 Å². The van der Waals surface area contributed by atoms with E-state index in [1.807, 2.05) is 11.8 Å². The quantitative estimate of drug-likeness (QED) is 0.712. The number of aliphatic hydroxyl groups is 1. The molecule has 1 heterocycles. The number of thioether (sulfide) groups is 1. The lowest BCUT2D eigenvalue weighted by Crippen LogP contribution is -2.54. The lowest BCUT2D eigenvalue weighted by molar-refractivity contribution is -0.148. The van der Waals surface area contributed by atoms with Crippen molar-refractivity contribution in [3.05, 3.63) is 0 Å². The molecule has 1 atom stereocenters. The molecule has 3 nitrogen and oxygen atoms in total. The monoisotopic (exact) mass is 219 g/mol. The topological polar surface area (TPSA) is 32.7 Å². The highest BCUT2D eigenvalue weighted by molar-refractivity contribution is 7.98. The summed E-state index contributed by atoms with van der Waals surface area (Å²) >= 11 is 1.86. The first-order chi connectivity index (χ1) is 6.63. The molecule has 1 saturated heterocycles. The van der Waals surface area contributed by atoms with Crippen LogP contribution in [0.25, 0.3) is 0 Å². The minimum absolute atomic E-state index is 0.0153. The molecule has 0 spiro atoms. The van der Waals surface area contributed by atoms with Crippen LogP contribution in [-0.2, 0) is 4.74 Å². The Balaban J connectivity index is 2.34. The summed E-state index contributed by atoms with van der Waals surface area (Å²) in [7, 11) is 2.12. The van der Waals surface area contributed by atoms with Gasteiger partial charge in [-0.15, -0.1) is 0 Å². The van der Waals surface area contributed by atoms with Crippen molar-refractivity contribution in [3.63, 3.8) is 0 Å². The van der Waals surface area contributed by atoms with E-state index in [-0.39, 0.29) is 12.0 Å².